The van der Waals surface area contributed by atoms with Crippen LogP contribution >= 0.6 is 0 Å². The number of nitrogens with zero attached hydrogens (tertiary/aromatic N) is 2. The van der Waals surface area contributed by atoms with Gasteiger partial charge in [0.25, 0.3) is 0 Å². The molecule has 1 aliphatic carbocycles. The van der Waals surface area contributed by atoms with Gasteiger partial charge in [-0.25, -0.2) is 4.79 Å². The molecule has 1 unspecified atom stereocenters. The predicted octanol–water partition coefficient (Wildman–Crippen LogP) is 6.68. The van der Waals surface area contributed by atoms with Gasteiger partial charge in [0, 0.05) is 17.6 Å². The minimum atomic E-state index is -0.315. The second kappa shape index (κ2) is 10.5. The normalized spacial score (nSPS) is 15.5. The quantitative estimate of drug-likeness (QED) is 0.354. The number of carbonyl (C=O) groups is 1. The molecule has 0 aliphatic heterocycles. The molecular weight excluding hydrogens is 400 g/mol. The molecule has 2 heterocycles. The van der Waals surface area contributed by atoms with Crippen molar-refractivity contribution >= 4 is 22.4 Å². The molecule has 168 valence electrons. The monoisotopic (exact) mass is 432 g/mol. The van der Waals surface area contributed by atoms with Crippen molar-refractivity contribution in [1.82, 2.24) is 4.40 Å². The van der Waals surface area contributed by atoms with E-state index in [2.05, 4.69) is 6.07 Å². The van der Waals surface area contributed by atoms with Crippen molar-refractivity contribution in [1.29, 1.82) is 5.26 Å². The summed E-state index contributed by atoms with van der Waals surface area (Å²) in [5.41, 5.74) is 2.30. The second-order valence-corrected chi connectivity index (χ2v) is 8.77. The lowest BCUT2D eigenvalue weighted by atomic mass is 9.85. The van der Waals surface area contributed by atoms with Gasteiger partial charge in [-0.05, 0) is 49.9 Å². The standard InChI is InChI=1S/C27H32N2O3/c1-2-31-27(30)26-23-15-14-22(19-25(23)29-18-7-6-13-24(26)29)32-21(16-17-28)12-8-11-20-9-4-3-5-10-20/h6-7,13-15,18-21H,2-5,8-12,16H2,1H3. The van der Waals surface area contributed by atoms with Gasteiger partial charge in [0.2, 0.25) is 0 Å². The van der Waals surface area contributed by atoms with Gasteiger partial charge < -0.3 is 13.9 Å². The molecule has 32 heavy (non-hydrogen) atoms. The van der Waals surface area contributed by atoms with Crippen LogP contribution in [0.2, 0.25) is 0 Å². The zero-order chi connectivity index (χ0) is 22.3. The van der Waals surface area contributed by atoms with E-state index in [9.17, 15) is 10.1 Å². The number of carbonyl (C=O) groups excluding carboxylic acids is 1. The van der Waals surface area contributed by atoms with Crippen LogP contribution in [0.15, 0.2) is 42.6 Å². The third kappa shape index (κ3) is 4.91. The Morgan fingerprint density at radius 3 is 2.81 bits per heavy atom. The van der Waals surface area contributed by atoms with Crippen LogP contribution in [0.5, 0.6) is 5.75 Å². The average Bonchev–Trinajstić information content (AvgIpc) is 3.14. The van der Waals surface area contributed by atoms with E-state index in [-0.39, 0.29) is 12.1 Å². The highest BCUT2D eigenvalue weighted by Gasteiger charge is 2.20. The third-order valence-corrected chi connectivity index (χ3v) is 6.58. The van der Waals surface area contributed by atoms with Crippen LogP contribution in [0, 0.1) is 17.2 Å². The molecule has 0 spiro atoms. The summed E-state index contributed by atoms with van der Waals surface area (Å²) in [6, 6.07) is 13.9. The van der Waals surface area contributed by atoms with Gasteiger partial charge in [-0.2, -0.15) is 5.26 Å². The van der Waals surface area contributed by atoms with Gasteiger partial charge in [-0.1, -0.05) is 44.6 Å². The number of pyridine rings is 1. The Morgan fingerprint density at radius 2 is 2.03 bits per heavy atom. The van der Waals surface area contributed by atoms with E-state index >= 15 is 0 Å². The molecule has 1 aromatic carbocycles. The molecule has 5 nitrogen and oxygen atoms in total. The van der Waals surface area contributed by atoms with Crippen molar-refractivity contribution in [2.24, 2.45) is 5.92 Å². The lowest BCUT2D eigenvalue weighted by Gasteiger charge is -2.22. The Bertz CT molecular complexity index is 1110. The van der Waals surface area contributed by atoms with Crippen LogP contribution in [-0.2, 0) is 4.74 Å². The van der Waals surface area contributed by atoms with E-state index in [1.165, 1.54) is 38.5 Å². The first-order chi connectivity index (χ1) is 15.7. The van der Waals surface area contributed by atoms with Crippen LogP contribution in [-0.4, -0.2) is 23.1 Å². The molecule has 2 aromatic heterocycles. The molecule has 5 heteroatoms. The molecule has 0 saturated heterocycles. The molecule has 0 radical (unpaired) electrons. The van der Waals surface area contributed by atoms with E-state index < -0.39 is 0 Å². The highest BCUT2D eigenvalue weighted by Crippen LogP contribution is 2.32. The molecule has 1 atom stereocenters. The number of ether oxygens (including phenoxy) is 2. The SMILES string of the molecule is CCOC(=O)c1c2ccc(OC(CC#N)CCCC3CCCCC3)cc2n2ccccc12. The first-order valence-corrected chi connectivity index (χ1v) is 11.9. The lowest BCUT2D eigenvalue weighted by Crippen LogP contribution is -2.17. The number of aromatic nitrogens is 1. The topological polar surface area (TPSA) is 63.7 Å². The number of hydrogen-bond donors (Lipinski definition) is 0. The Kier molecular flexibility index (Phi) is 7.32. The van der Waals surface area contributed by atoms with Gasteiger partial charge in [0.1, 0.15) is 11.9 Å². The first kappa shape index (κ1) is 22.2. The van der Waals surface area contributed by atoms with E-state index in [0.717, 1.165) is 40.9 Å². The highest BCUT2D eigenvalue weighted by molar-refractivity contribution is 6.11. The Labute approximate surface area is 189 Å². The van der Waals surface area contributed by atoms with E-state index in [4.69, 9.17) is 9.47 Å². The highest BCUT2D eigenvalue weighted by atomic mass is 16.5. The zero-order valence-corrected chi connectivity index (χ0v) is 18.9. The van der Waals surface area contributed by atoms with Crippen molar-refractivity contribution in [2.45, 2.75) is 70.8 Å². The summed E-state index contributed by atoms with van der Waals surface area (Å²) >= 11 is 0. The molecule has 1 aliphatic rings. The van der Waals surface area contributed by atoms with Gasteiger partial charge in [0.15, 0.2) is 0 Å². The van der Waals surface area contributed by atoms with E-state index in [1.807, 2.05) is 53.9 Å². The molecule has 0 N–H and O–H groups in total. The number of fused-ring (bicyclic) bond motifs is 3. The maximum absolute atomic E-state index is 12.6. The number of esters is 1. The fraction of sp³-hybridized carbons (Fsp3) is 0.481. The maximum atomic E-state index is 12.6. The molecule has 3 aromatic rings. The number of rotatable bonds is 9. The average molecular weight is 433 g/mol. The Balaban J connectivity index is 1.53. The maximum Gasteiger partial charge on any atom is 0.340 e. The number of nitriles is 1. The second-order valence-electron chi connectivity index (χ2n) is 8.77. The van der Waals surface area contributed by atoms with Gasteiger partial charge >= 0.3 is 5.97 Å². The van der Waals surface area contributed by atoms with E-state index in [1.54, 1.807) is 0 Å². The summed E-state index contributed by atoms with van der Waals surface area (Å²) in [4.78, 5) is 12.6. The fourth-order valence-electron chi connectivity index (χ4n) is 5.02. The van der Waals surface area contributed by atoms with Gasteiger partial charge in [-0.15, -0.1) is 0 Å². The summed E-state index contributed by atoms with van der Waals surface area (Å²) in [6.07, 6.45) is 12.2. The van der Waals surface area contributed by atoms with Crippen molar-refractivity contribution < 1.29 is 14.3 Å². The molecule has 1 fully saturated rings. The van der Waals surface area contributed by atoms with Crippen LogP contribution in [0.25, 0.3) is 16.4 Å². The predicted molar refractivity (Wildman–Crippen MR) is 126 cm³/mol. The largest absolute Gasteiger partial charge is 0.489 e. The van der Waals surface area contributed by atoms with Crippen LogP contribution < -0.4 is 4.74 Å². The molecule has 0 amide bonds. The van der Waals surface area contributed by atoms with Crippen LogP contribution in [0.3, 0.4) is 0 Å². The molecule has 0 bridgehead atoms. The minimum Gasteiger partial charge on any atom is -0.489 e. The summed E-state index contributed by atoms with van der Waals surface area (Å²) in [7, 11) is 0. The van der Waals surface area contributed by atoms with Crippen molar-refractivity contribution in [2.75, 3.05) is 6.61 Å². The fourth-order valence-corrected chi connectivity index (χ4v) is 5.02. The summed E-state index contributed by atoms with van der Waals surface area (Å²) < 4.78 is 13.6. The van der Waals surface area contributed by atoms with Crippen molar-refractivity contribution in [3.05, 3.63) is 48.2 Å². The summed E-state index contributed by atoms with van der Waals surface area (Å²) in [6.45, 7) is 2.15. The molecular formula is C27H32N2O3. The van der Waals surface area contributed by atoms with Crippen molar-refractivity contribution in [3.8, 4) is 11.8 Å². The van der Waals surface area contributed by atoms with Gasteiger partial charge in [-0.3, -0.25) is 0 Å². The molecule has 1 saturated carbocycles. The molecule has 4 rings (SSSR count). The van der Waals surface area contributed by atoms with Crippen molar-refractivity contribution in [3.63, 3.8) is 0 Å². The minimum absolute atomic E-state index is 0.114. The summed E-state index contributed by atoms with van der Waals surface area (Å²) in [5.74, 6) is 1.26. The lowest BCUT2D eigenvalue weighted by molar-refractivity contribution is 0.0531. The first-order valence-electron chi connectivity index (χ1n) is 11.9. The Hall–Kier alpha value is -3.00. The Morgan fingerprint density at radius 1 is 1.19 bits per heavy atom. The van der Waals surface area contributed by atoms with Crippen LogP contribution in [0.1, 0.15) is 75.1 Å². The number of hydrogen-bond acceptors (Lipinski definition) is 4. The smallest absolute Gasteiger partial charge is 0.340 e. The third-order valence-electron chi connectivity index (χ3n) is 6.58. The van der Waals surface area contributed by atoms with Gasteiger partial charge in [0.05, 0.1) is 35.7 Å². The zero-order valence-electron chi connectivity index (χ0n) is 18.9. The summed E-state index contributed by atoms with van der Waals surface area (Å²) in [5, 5.41) is 10.1. The van der Waals surface area contributed by atoms with Crippen LogP contribution in [0.4, 0.5) is 0 Å². The van der Waals surface area contributed by atoms with E-state index in [0.29, 0.717) is 18.6 Å². The number of benzene rings is 1.